The van der Waals surface area contributed by atoms with Crippen molar-refractivity contribution in [2.75, 3.05) is 18.4 Å². The second-order valence-corrected chi connectivity index (χ2v) is 6.77. The van der Waals surface area contributed by atoms with E-state index in [-0.39, 0.29) is 17.9 Å². The van der Waals surface area contributed by atoms with Crippen molar-refractivity contribution >= 4 is 23.3 Å². The molecule has 1 aromatic heterocycles. The molecular formula is C17H21ClN4O2. The number of likely N-dealkylation sites (tertiary alicyclic amines) is 1. The number of carbonyl (C=O) groups is 1. The van der Waals surface area contributed by atoms with Crippen LogP contribution in [-0.4, -0.2) is 34.2 Å². The number of piperidine rings is 1. The van der Waals surface area contributed by atoms with Gasteiger partial charge in [0.2, 0.25) is 11.8 Å². The van der Waals surface area contributed by atoms with Gasteiger partial charge in [0.25, 0.3) is 0 Å². The van der Waals surface area contributed by atoms with E-state index in [1.165, 1.54) is 0 Å². The number of anilines is 1. The molecule has 0 aliphatic carbocycles. The molecule has 1 fully saturated rings. The molecule has 2 heterocycles. The van der Waals surface area contributed by atoms with Gasteiger partial charge in [0.1, 0.15) is 0 Å². The molecular weight excluding hydrogens is 328 g/mol. The molecule has 2 amide bonds. The van der Waals surface area contributed by atoms with Gasteiger partial charge in [-0.2, -0.15) is 0 Å². The molecule has 1 aliphatic rings. The molecule has 1 aliphatic heterocycles. The fourth-order valence-corrected chi connectivity index (χ4v) is 2.84. The molecule has 6 nitrogen and oxygen atoms in total. The molecule has 24 heavy (non-hydrogen) atoms. The second-order valence-electron chi connectivity index (χ2n) is 6.33. The molecule has 2 aromatic rings. The Balaban J connectivity index is 1.54. The topological polar surface area (TPSA) is 71.3 Å². The lowest BCUT2D eigenvalue weighted by Crippen LogP contribution is -2.40. The minimum Gasteiger partial charge on any atom is -0.425 e. The van der Waals surface area contributed by atoms with Crippen molar-refractivity contribution in [1.82, 2.24) is 15.1 Å². The van der Waals surface area contributed by atoms with Crippen molar-refractivity contribution in [3.63, 3.8) is 0 Å². The molecule has 0 spiro atoms. The SMILES string of the molecule is CC(C)c1nnc(C2CCN(C(=O)Nc3ccc(Cl)cc3)CC2)o1. The Morgan fingerprint density at radius 1 is 1.25 bits per heavy atom. The van der Waals surface area contributed by atoms with Crippen molar-refractivity contribution in [1.29, 1.82) is 0 Å². The van der Waals surface area contributed by atoms with E-state index in [0.717, 1.165) is 18.5 Å². The lowest BCUT2D eigenvalue weighted by Gasteiger charge is -2.30. The third-order valence-electron chi connectivity index (χ3n) is 4.18. The van der Waals surface area contributed by atoms with Crippen LogP contribution in [0.2, 0.25) is 5.02 Å². The van der Waals surface area contributed by atoms with E-state index < -0.39 is 0 Å². The minimum atomic E-state index is -0.0934. The summed E-state index contributed by atoms with van der Waals surface area (Å²) in [5.41, 5.74) is 0.741. The summed E-state index contributed by atoms with van der Waals surface area (Å²) in [7, 11) is 0. The van der Waals surface area contributed by atoms with Crippen LogP contribution < -0.4 is 5.32 Å². The van der Waals surface area contributed by atoms with Gasteiger partial charge in [0.15, 0.2) is 0 Å². The molecule has 0 radical (unpaired) electrons. The first kappa shape index (κ1) is 16.8. The monoisotopic (exact) mass is 348 g/mol. The summed E-state index contributed by atoms with van der Waals surface area (Å²) in [5.74, 6) is 1.82. The number of halogens is 1. The maximum absolute atomic E-state index is 12.3. The second kappa shape index (κ2) is 7.21. The van der Waals surface area contributed by atoms with Gasteiger partial charge in [-0.05, 0) is 37.1 Å². The highest BCUT2D eigenvalue weighted by molar-refractivity contribution is 6.30. The Labute approximate surface area is 146 Å². The Morgan fingerprint density at radius 2 is 1.92 bits per heavy atom. The van der Waals surface area contributed by atoms with Crippen molar-refractivity contribution < 1.29 is 9.21 Å². The van der Waals surface area contributed by atoms with Crippen LogP contribution in [0.25, 0.3) is 0 Å². The van der Waals surface area contributed by atoms with E-state index in [1.54, 1.807) is 24.3 Å². The van der Waals surface area contributed by atoms with E-state index in [9.17, 15) is 4.79 Å². The number of amides is 2. The predicted octanol–water partition coefficient (Wildman–Crippen LogP) is 4.26. The summed E-state index contributed by atoms with van der Waals surface area (Å²) in [5, 5.41) is 11.8. The number of hydrogen-bond acceptors (Lipinski definition) is 4. The normalized spacial score (nSPS) is 15.8. The van der Waals surface area contributed by atoms with Crippen LogP contribution in [0.1, 0.15) is 50.3 Å². The third kappa shape index (κ3) is 3.87. The van der Waals surface area contributed by atoms with Gasteiger partial charge in [-0.1, -0.05) is 25.4 Å². The zero-order chi connectivity index (χ0) is 17.1. The molecule has 0 atom stereocenters. The summed E-state index contributed by atoms with van der Waals surface area (Å²) in [4.78, 5) is 14.1. The van der Waals surface area contributed by atoms with E-state index >= 15 is 0 Å². The lowest BCUT2D eigenvalue weighted by atomic mass is 9.97. The van der Waals surface area contributed by atoms with E-state index in [2.05, 4.69) is 15.5 Å². The summed E-state index contributed by atoms with van der Waals surface area (Å²) >= 11 is 5.85. The molecule has 1 N–H and O–H groups in total. The smallest absolute Gasteiger partial charge is 0.321 e. The molecule has 1 aromatic carbocycles. The van der Waals surface area contributed by atoms with Gasteiger partial charge < -0.3 is 14.6 Å². The minimum absolute atomic E-state index is 0.0934. The Morgan fingerprint density at radius 3 is 2.50 bits per heavy atom. The van der Waals surface area contributed by atoms with Crippen molar-refractivity contribution in [2.45, 2.75) is 38.5 Å². The van der Waals surface area contributed by atoms with Gasteiger partial charge in [-0.3, -0.25) is 0 Å². The fourth-order valence-electron chi connectivity index (χ4n) is 2.71. The summed E-state index contributed by atoms with van der Waals surface area (Å²) in [6, 6.07) is 7.00. The summed E-state index contributed by atoms with van der Waals surface area (Å²) in [6.07, 6.45) is 1.65. The van der Waals surface area contributed by atoms with E-state index in [0.29, 0.717) is 29.9 Å². The number of rotatable bonds is 3. The van der Waals surface area contributed by atoms with Gasteiger partial charge >= 0.3 is 6.03 Å². The first-order valence-electron chi connectivity index (χ1n) is 8.17. The molecule has 1 saturated heterocycles. The van der Waals surface area contributed by atoms with Crippen molar-refractivity contribution in [2.24, 2.45) is 0 Å². The Bertz CT molecular complexity index is 691. The number of benzene rings is 1. The molecule has 7 heteroatoms. The Hall–Kier alpha value is -2.08. The van der Waals surface area contributed by atoms with Crippen LogP contribution in [0, 0.1) is 0 Å². The third-order valence-corrected chi connectivity index (χ3v) is 4.43. The van der Waals surface area contributed by atoms with Crippen LogP contribution in [0.3, 0.4) is 0 Å². The first-order chi connectivity index (χ1) is 11.5. The Kier molecular flexibility index (Phi) is 5.04. The number of carbonyl (C=O) groups excluding carboxylic acids is 1. The molecule has 128 valence electrons. The summed E-state index contributed by atoms with van der Waals surface area (Å²) < 4.78 is 5.73. The largest absolute Gasteiger partial charge is 0.425 e. The average Bonchev–Trinajstić information content (AvgIpc) is 3.07. The van der Waals surface area contributed by atoms with Gasteiger partial charge in [-0.15, -0.1) is 10.2 Å². The molecule has 3 rings (SSSR count). The van der Waals surface area contributed by atoms with E-state index in [1.807, 2.05) is 18.7 Å². The zero-order valence-corrected chi connectivity index (χ0v) is 14.6. The number of aromatic nitrogens is 2. The molecule has 0 bridgehead atoms. The maximum atomic E-state index is 12.3. The highest BCUT2D eigenvalue weighted by Gasteiger charge is 2.27. The molecule has 0 unspecified atom stereocenters. The average molecular weight is 349 g/mol. The van der Waals surface area contributed by atoms with Crippen LogP contribution in [0.15, 0.2) is 28.7 Å². The molecule has 0 saturated carbocycles. The van der Waals surface area contributed by atoms with Gasteiger partial charge in [0, 0.05) is 35.6 Å². The van der Waals surface area contributed by atoms with Crippen LogP contribution in [0.4, 0.5) is 10.5 Å². The highest BCUT2D eigenvalue weighted by atomic mass is 35.5. The standard InChI is InChI=1S/C17H21ClN4O2/c1-11(2)15-20-21-16(24-15)12-7-9-22(10-8-12)17(23)19-14-5-3-13(18)4-6-14/h3-6,11-12H,7-10H2,1-2H3,(H,19,23). The predicted molar refractivity (Wildman–Crippen MR) is 92.4 cm³/mol. The van der Waals surface area contributed by atoms with Crippen LogP contribution in [-0.2, 0) is 0 Å². The number of hydrogen-bond donors (Lipinski definition) is 1. The number of nitrogens with zero attached hydrogens (tertiary/aromatic N) is 3. The number of nitrogens with one attached hydrogen (secondary N) is 1. The lowest BCUT2D eigenvalue weighted by molar-refractivity contribution is 0.189. The fraction of sp³-hybridized carbons (Fsp3) is 0.471. The van der Waals surface area contributed by atoms with Crippen molar-refractivity contribution in [3.05, 3.63) is 41.1 Å². The highest BCUT2D eigenvalue weighted by Crippen LogP contribution is 2.28. The summed E-state index contributed by atoms with van der Waals surface area (Å²) in [6.45, 7) is 5.40. The van der Waals surface area contributed by atoms with Gasteiger partial charge in [0.05, 0.1) is 0 Å². The van der Waals surface area contributed by atoms with Crippen LogP contribution in [0.5, 0.6) is 0 Å². The van der Waals surface area contributed by atoms with Gasteiger partial charge in [-0.25, -0.2) is 4.79 Å². The maximum Gasteiger partial charge on any atom is 0.321 e. The number of urea groups is 1. The quantitative estimate of drug-likeness (QED) is 0.899. The van der Waals surface area contributed by atoms with E-state index in [4.69, 9.17) is 16.0 Å². The van der Waals surface area contributed by atoms with Crippen molar-refractivity contribution in [3.8, 4) is 0 Å². The first-order valence-corrected chi connectivity index (χ1v) is 8.55. The zero-order valence-electron chi connectivity index (χ0n) is 13.8. The van der Waals surface area contributed by atoms with Crippen LogP contribution >= 0.6 is 11.6 Å².